The topological polar surface area (TPSA) is 65.0 Å². The zero-order valence-corrected chi connectivity index (χ0v) is 13.3. The lowest BCUT2D eigenvalue weighted by molar-refractivity contribution is -0.137. The molecule has 0 bridgehead atoms. The molecule has 5 nitrogen and oxygen atoms in total. The van der Waals surface area contributed by atoms with Crippen molar-refractivity contribution in [3.05, 3.63) is 47.7 Å². The number of methoxy groups -OCH3 is 3. The van der Waals surface area contributed by atoms with Crippen LogP contribution in [-0.2, 0) is 14.3 Å². The van der Waals surface area contributed by atoms with Gasteiger partial charge in [0.2, 0.25) is 0 Å². The third-order valence-corrected chi connectivity index (χ3v) is 3.41. The Balaban J connectivity index is 2.86. The van der Waals surface area contributed by atoms with Crippen LogP contribution in [0.3, 0.4) is 0 Å². The van der Waals surface area contributed by atoms with E-state index in [2.05, 4.69) is 4.74 Å². The third-order valence-electron chi connectivity index (χ3n) is 3.41. The summed E-state index contributed by atoms with van der Waals surface area (Å²) in [6, 6.07) is 7.54. The maximum absolute atomic E-state index is 11.6. The first-order valence-electron chi connectivity index (χ1n) is 6.85. The third kappa shape index (κ3) is 4.63. The summed E-state index contributed by atoms with van der Waals surface area (Å²) < 4.78 is 15.1. The number of rotatable bonds is 7. The van der Waals surface area contributed by atoms with Crippen molar-refractivity contribution in [1.29, 1.82) is 0 Å². The summed E-state index contributed by atoms with van der Waals surface area (Å²) >= 11 is 0. The summed E-state index contributed by atoms with van der Waals surface area (Å²) in [5, 5.41) is 9.23. The van der Waals surface area contributed by atoms with Gasteiger partial charge in [0.1, 0.15) is 5.75 Å². The molecule has 0 aliphatic rings. The Bertz CT molecular complexity index is 530. The first-order chi connectivity index (χ1) is 10.6. The molecule has 0 amide bonds. The van der Waals surface area contributed by atoms with Gasteiger partial charge in [-0.05, 0) is 17.7 Å². The van der Waals surface area contributed by atoms with E-state index in [-0.39, 0.29) is 17.6 Å². The van der Waals surface area contributed by atoms with Crippen molar-refractivity contribution >= 4 is 12.0 Å². The summed E-state index contributed by atoms with van der Waals surface area (Å²) in [6.07, 6.45) is 4.11. The Labute approximate surface area is 130 Å². The van der Waals surface area contributed by atoms with Crippen LogP contribution in [0, 0.1) is 5.92 Å². The lowest BCUT2D eigenvalue weighted by atomic mass is 9.95. The number of aliphatic hydroxyl groups is 1. The second-order valence-electron chi connectivity index (χ2n) is 4.70. The van der Waals surface area contributed by atoms with Gasteiger partial charge < -0.3 is 19.3 Å². The largest absolute Gasteiger partial charge is 0.515 e. The molecule has 0 spiro atoms. The molecule has 2 atom stereocenters. The number of aliphatic hydroxyl groups excluding tert-OH is 1. The second kappa shape index (κ2) is 8.89. The zero-order chi connectivity index (χ0) is 16.5. The van der Waals surface area contributed by atoms with Crippen molar-refractivity contribution in [2.45, 2.75) is 13.0 Å². The summed E-state index contributed by atoms with van der Waals surface area (Å²) in [4.78, 5) is 11.6. The molecule has 0 aliphatic carbocycles. The van der Waals surface area contributed by atoms with Crippen LogP contribution in [0.2, 0.25) is 0 Å². The van der Waals surface area contributed by atoms with Crippen LogP contribution in [0.25, 0.3) is 6.08 Å². The van der Waals surface area contributed by atoms with Crippen LogP contribution in [0.15, 0.2) is 42.2 Å². The SMILES string of the molecule is COC(=O)/C(=C/O)[C@H](C)[C@H](/C=C/c1ccc(OC)cc1)OC. The molecule has 0 aliphatic heterocycles. The molecule has 5 heteroatoms. The minimum absolute atomic E-state index is 0.161. The van der Waals surface area contributed by atoms with Crippen LogP contribution in [0.1, 0.15) is 12.5 Å². The maximum atomic E-state index is 11.6. The van der Waals surface area contributed by atoms with E-state index in [0.29, 0.717) is 0 Å². The highest BCUT2D eigenvalue weighted by Crippen LogP contribution is 2.21. The molecule has 22 heavy (non-hydrogen) atoms. The van der Waals surface area contributed by atoms with E-state index in [1.54, 1.807) is 21.1 Å². The monoisotopic (exact) mass is 306 g/mol. The van der Waals surface area contributed by atoms with E-state index in [1.165, 1.54) is 7.11 Å². The van der Waals surface area contributed by atoms with E-state index in [9.17, 15) is 9.90 Å². The van der Waals surface area contributed by atoms with E-state index in [1.807, 2.05) is 36.4 Å². The summed E-state index contributed by atoms with van der Waals surface area (Å²) in [5.74, 6) is -0.142. The predicted octanol–water partition coefficient (Wildman–Crippen LogP) is 2.97. The predicted molar refractivity (Wildman–Crippen MR) is 84.7 cm³/mol. The summed E-state index contributed by atoms with van der Waals surface area (Å²) in [7, 11) is 4.43. The lowest BCUT2D eigenvalue weighted by Gasteiger charge is -2.20. The average Bonchev–Trinajstić information content (AvgIpc) is 2.56. The van der Waals surface area contributed by atoms with Crippen LogP contribution in [0.5, 0.6) is 5.75 Å². The highest BCUT2D eigenvalue weighted by atomic mass is 16.5. The highest BCUT2D eigenvalue weighted by molar-refractivity contribution is 5.88. The molecule has 0 aromatic heterocycles. The average molecular weight is 306 g/mol. The van der Waals surface area contributed by atoms with Gasteiger partial charge >= 0.3 is 5.97 Å². The molecule has 120 valence electrons. The molecule has 1 aromatic carbocycles. The van der Waals surface area contributed by atoms with Gasteiger partial charge in [-0.2, -0.15) is 0 Å². The number of hydrogen-bond acceptors (Lipinski definition) is 5. The molecule has 0 unspecified atom stereocenters. The van der Waals surface area contributed by atoms with Crippen molar-refractivity contribution in [3.8, 4) is 5.75 Å². The Morgan fingerprint density at radius 3 is 2.27 bits per heavy atom. The first-order valence-corrected chi connectivity index (χ1v) is 6.85. The quantitative estimate of drug-likeness (QED) is 0.476. The Kier molecular flexibility index (Phi) is 7.19. The van der Waals surface area contributed by atoms with Gasteiger partial charge in [0, 0.05) is 13.0 Å². The molecule has 1 aromatic rings. The van der Waals surface area contributed by atoms with Gasteiger partial charge in [-0.3, -0.25) is 0 Å². The van der Waals surface area contributed by atoms with Gasteiger partial charge in [-0.15, -0.1) is 0 Å². The van der Waals surface area contributed by atoms with Crippen molar-refractivity contribution in [3.63, 3.8) is 0 Å². The first kappa shape index (κ1) is 17.8. The van der Waals surface area contributed by atoms with Crippen LogP contribution in [0.4, 0.5) is 0 Å². The highest BCUT2D eigenvalue weighted by Gasteiger charge is 2.24. The minimum atomic E-state index is -0.574. The number of esters is 1. The van der Waals surface area contributed by atoms with Crippen molar-refractivity contribution < 1.29 is 24.1 Å². The van der Waals surface area contributed by atoms with Gasteiger partial charge in [0.15, 0.2) is 0 Å². The number of carbonyl (C=O) groups is 1. The zero-order valence-electron chi connectivity index (χ0n) is 13.3. The smallest absolute Gasteiger partial charge is 0.337 e. The van der Waals surface area contributed by atoms with Gasteiger partial charge in [-0.1, -0.05) is 31.2 Å². The van der Waals surface area contributed by atoms with Crippen molar-refractivity contribution in [2.75, 3.05) is 21.3 Å². The van der Waals surface area contributed by atoms with Crippen molar-refractivity contribution in [2.24, 2.45) is 5.92 Å². The molecule has 0 saturated heterocycles. The van der Waals surface area contributed by atoms with Gasteiger partial charge in [0.05, 0.1) is 32.2 Å². The van der Waals surface area contributed by atoms with Crippen LogP contribution in [-0.4, -0.2) is 38.5 Å². The molecule has 0 heterocycles. The fraction of sp³-hybridized carbons (Fsp3) is 0.353. The fourth-order valence-electron chi connectivity index (χ4n) is 2.02. The standard InChI is InChI=1S/C17H22O5/c1-12(15(11-18)17(19)22-4)16(21-3)10-7-13-5-8-14(20-2)9-6-13/h5-12,16,18H,1-4H3/b10-7+,15-11+/t12-,16-/m0/s1. The fourth-order valence-corrected chi connectivity index (χ4v) is 2.02. The normalized spacial score (nSPS) is 14.6. The molecular formula is C17H22O5. The molecule has 0 radical (unpaired) electrons. The molecule has 0 fully saturated rings. The van der Waals surface area contributed by atoms with Crippen LogP contribution < -0.4 is 4.74 Å². The Hall–Kier alpha value is -2.27. The van der Waals surface area contributed by atoms with Gasteiger partial charge in [0.25, 0.3) is 0 Å². The summed E-state index contributed by atoms with van der Waals surface area (Å²) in [6.45, 7) is 1.78. The Morgan fingerprint density at radius 1 is 1.18 bits per heavy atom. The van der Waals surface area contributed by atoms with E-state index >= 15 is 0 Å². The van der Waals surface area contributed by atoms with E-state index in [4.69, 9.17) is 9.47 Å². The van der Waals surface area contributed by atoms with Crippen molar-refractivity contribution in [1.82, 2.24) is 0 Å². The molecule has 1 N–H and O–H groups in total. The molecule has 1 rings (SSSR count). The van der Waals surface area contributed by atoms with E-state index < -0.39 is 5.97 Å². The van der Waals surface area contributed by atoms with E-state index in [0.717, 1.165) is 17.6 Å². The maximum Gasteiger partial charge on any atom is 0.337 e. The number of carbonyl (C=O) groups excluding carboxylic acids is 1. The second-order valence-corrected chi connectivity index (χ2v) is 4.70. The Morgan fingerprint density at radius 2 is 1.82 bits per heavy atom. The number of benzene rings is 1. The molecular weight excluding hydrogens is 284 g/mol. The summed E-state index contributed by atoms with van der Waals surface area (Å²) in [5.41, 5.74) is 1.14. The molecule has 0 saturated carbocycles. The minimum Gasteiger partial charge on any atom is -0.515 e. The number of hydrogen-bond donors (Lipinski definition) is 1. The lowest BCUT2D eigenvalue weighted by Crippen LogP contribution is -2.24. The number of ether oxygens (including phenoxy) is 3. The van der Waals surface area contributed by atoms with Crippen LogP contribution >= 0.6 is 0 Å². The van der Waals surface area contributed by atoms with Gasteiger partial charge in [-0.25, -0.2) is 4.79 Å².